The molecular weight excluding hydrogens is 803 g/mol. The summed E-state index contributed by atoms with van der Waals surface area (Å²) in [6.07, 6.45) is 0. The minimum atomic E-state index is 0.623. The van der Waals surface area contributed by atoms with E-state index in [0.717, 1.165) is 44.5 Å². The van der Waals surface area contributed by atoms with E-state index < -0.39 is 0 Å². The van der Waals surface area contributed by atoms with Crippen molar-refractivity contribution in [1.29, 1.82) is 0 Å². The predicted octanol–water partition coefficient (Wildman–Crippen LogP) is 15.7. The van der Waals surface area contributed by atoms with Crippen LogP contribution in [0.15, 0.2) is 224 Å². The molecule has 14 rings (SSSR count). The van der Waals surface area contributed by atoms with Crippen LogP contribution in [0.3, 0.4) is 0 Å². The van der Waals surface area contributed by atoms with Crippen LogP contribution in [0.25, 0.3) is 132 Å². The molecule has 3 heterocycles. The predicted molar refractivity (Wildman–Crippen MR) is 275 cm³/mol. The third kappa shape index (κ3) is 5.63. The van der Waals surface area contributed by atoms with E-state index in [1.165, 1.54) is 70.3 Å². The Kier molecular flexibility index (Phi) is 7.91. The Hall–Kier alpha value is -8.93. The van der Waals surface area contributed by atoms with Crippen LogP contribution in [-0.2, 0) is 0 Å². The molecule has 0 fully saturated rings. The van der Waals surface area contributed by atoms with E-state index in [1.807, 2.05) is 18.2 Å². The van der Waals surface area contributed by atoms with E-state index in [-0.39, 0.29) is 0 Å². The number of rotatable bonds is 5. The van der Waals surface area contributed by atoms with Crippen molar-refractivity contribution >= 4 is 86.7 Å². The van der Waals surface area contributed by atoms with Crippen LogP contribution in [0.2, 0.25) is 0 Å². The maximum atomic E-state index is 5.17. The van der Waals surface area contributed by atoms with Crippen LogP contribution in [0.1, 0.15) is 0 Å². The monoisotopic (exact) mass is 839 g/mol. The minimum absolute atomic E-state index is 0.623. The van der Waals surface area contributed by atoms with E-state index in [0.29, 0.717) is 17.5 Å². The van der Waals surface area contributed by atoms with Gasteiger partial charge in [0.15, 0.2) is 17.5 Å². The Balaban J connectivity index is 0.954. The first-order valence-corrected chi connectivity index (χ1v) is 22.4. The van der Waals surface area contributed by atoms with Crippen molar-refractivity contribution < 1.29 is 0 Å². The van der Waals surface area contributed by atoms with Crippen molar-refractivity contribution in [2.75, 3.05) is 0 Å². The van der Waals surface area contributed by atoms with Crippen molar-refractivity contribution in [3.63, 3.8) is 0 Å². The first-order chi connectivity index (χ1) is 32.7. The number of para-hydroxylation sites is 1. The molecule has 0 N–H and O–H groups in total. The number of benzene rings is 11. The zero-order valence-electron chi connectivity index (χ0n) is 35.6. The number of hydrogen-bond acceptors (Lipinski definition) is 3. The van der Waals surface area contributed by atoms with Crippen molar-refractivity contribution in [1.82, 2.24) is 24.1 Å². The van der Waals surface area contributed by atoms with Gasteiger partial charge in [-0.15, -0.1) is 0 Å². The van der Waals surface area contributed by atoms with Gasteiger partial charge >= 0.3 is 0 Å². The van der Waals surface area contributed by atoms with E-state index in [2.05, 4.69) is 215 Å². The quantitative estimate of drug-likeness (QED) is 0.162. The summed E-state index contributed by atoms with van der Waals surface area (Å²) in [6, 6.07) is 80.6. The summed E-state index contributed by atoms with van der Waals surface area (Å²) in [5.41, 5.74) is 9.65. The molecule has 5 nitrogen and oxygen atoms in total. The third-order valence-electron chi connectivity index (χ3n) is 13.5. The van der Waals surface area contributed by atoms with Crippen molar-refractivity contribution in [2.45, 2.75) is 0 Å². The molecule has 0 amide bonds. The van der Waals surface area contributed by atoms with Crippen LogP contribution in [0.5, 0.6) is 0 Å². The Morgan fingerprint density at radius 2 is 0.742 bits per heavy atom. The van der Waals surface area contributed by atoms with Crippen molar-refractivity contribution in [2.24, 2.45) is 0 Å². The first-order valence-electron chi connectivity index (χ1n) is 22.4. The molecule has 66 heavy (non-hydrogen) atoms. The highest BCUT2D eigenvalue weighted by Crippen LogP contribution is 2.41. The molecule has 306 valence electrons. The fourth-order valence-electron chi connectivity index (χ4n) is 10.4. The average molecular weight is 840 g/mol. The van der Waals surface area contributed by atoms with Crippen LogP contribution in [0, 0.1) is 0 Å². The zero-order chi connectivity index (χ0) is 43.3. The minimum Gasteiger partial charge on any atom is -0.309 e. The SMILES string of the molecule is c1ccc(-c2nc(-c3ccc(-n4c5cc(-n6c7ccccc7c7ccc8ccccc8c76)ccc5c5cc6ccccc6cc54)cc3)nc(-c3ccc4c(ccc5ccccc54)c3)n2)cc1. The lowest BCUT2D eigenvalue weighted by molar-refractivity contribution is 1.07. The summed E-state index contributed by atoms with van der Waals surface area (Å²) < 4.78 is 4.87. The second kappa shape index (κ2) is 14.3. The molecule has 14 aromatic rings. The zero-order valence-corrected chi connectivity index (χ0v) is 35.6. The fraction of sp³-hybridized carbons (Fsp3) is 0. The first kappa shape index (κ1) is 36.5. The number of fused-ring (bicyclic) bond motifs is 12. The summed E-state index contributed by atoms with van der Waals surface area (Å²) in [4.78, 5) is 15.4. The van der Waals surface area contributed by atoms with Gasteiger partial charge in [-0.1, -0.05) is 164 Å². The molecule has 11 aromatic carbocycles. The van der Waals surface area contributed by atoms with Crippen LogP contribution >= 0.6 is 0 Å². The number of hydrogen-bond donors (Lipinski definition) is 0. The fourth-order valence-corrected chi connectivity index (χ4v) is 10.4. The molecule has 0 aliphatic carbocycles. The number of nitrogens with zero attached hydrogens (tertiary/aromatic N) is 5. The smallest absolute Gasteiger partial charge is 0.164 e. The summed E-state index contributed by atoms with van der Waals surface area (Å²) in [7, 11) is 0. The highest BCUT2D eigenvalue weighted by atomic mass is 15.0. The van der Waals surface area contributed by atoms with Gasteiger partial charge in [0, 0.05) is 55.0 Å². The average Bonchev–Trinajstić information content (AvgIpc) is 3.90. The van der Waals surface area contributed by atoms with E-state index in [1.54, 1.807) is 0 Å². The largest absolute Gasteiger partial charge is 0.309 e. The molecular formula is C61H37N5. The third-order valence-corrected chi connectivity index (χ3v) is 13.5. The molecule has 0 spiro atoms. The summed E-state index contributed by atoms with van der Waals surface area (Å²) >= 11 is 0. The normalized spacial score (nSPS) is 11.9. The lowest BCUT2D eigenvalue weighted by Gasteiger charge is -2.13. The maximum Gasteiger partial charge on any atom is 0.164 e. The van der Waals surface area contributed by atoms with Gasteiger partial charge in [0.25, 0.3) is 0 Å². The maximum absolute atomic E-state index is 5.17. The van der Waals surface area contributed by atoms with Gasteiger partial charge in [0.2, 0.25) is 0 Å². The molecule has 5 heteroatoms. The lowest BCUT2D eigenvalue weighted by atomic mass is 10.00. The molecule has 3 aromatic heterocycles. The van der Waals surface area contributed by atoms with E-state index in [4.69, 9.17) is 15.0 Å². The Labute approximate surface area is 379 Å². The van der Waals surface area contributed by atoms with Crippen molar-refractivity contribution in [3.8, 4) is 45.5 Å². The number of aromatic nitrogens is 5. The summed E-state index contributed by atoms with van der Waals surface area (Å²) in [5.74, 6) is 1.90. The molecule has 0 aliphatic heterocycles. The molecule has 0 unspecified atom stereocenters. The molecule has 0 saturated carbocycles. The van der Waals surface area contributed by atoms with Gasteiger partial charge in [-0.05, 0) is 98.4 Å². The van der Waals surface area contributed by atoms with E-state index >= 15 is 0 Å². The highest BCUT2D eigenvalue weighted by molar-refractivity contribution is 6.19. The van der Waals surface area contributed by atoms with Crippen molar-refractivity contribution in [3.05, 3.63) is 224 Å². The lowest BCUT2D eigenvalue weighted by Crippen LogP contribution is -2.01. The van der Waals surface area contributed by atoms with Crippen LogP contribution in [-0.4, -0.2) is 24.1 Å². The standard InChI is InChI=1S/C61H37N5/c1-2-14-40(15-3-1)59-62-60(64-61(63-59)45-27-31-49-44(34-45)23-22-38-12-6-8-18-48(38)49)41-24-28-46(29-25-41)65-56-36-43-17-5-4-16-42(43)35-54(56)52-33-30-47(37-57(52)65)66-55-21-11-10-20-51(55)53-32-26-39-13-7-9-19-50(39)58(53)66/h1-37H. The van der Waals surface area contributed by atoms with Gasteiger partial charge in [-0.25, -0.2) is 15.0 Å². The van der Waals surface area contributed by atoms with Crippen LogP contribution in [0.4, 0.5) is 0 Å². The molecule has 0 saturated heterocycles. The molecule has 0 bridgehead atoms. The Bertz CT molecular complexity index is 4280. The van der Waals surface area contributed by atoms with Gasteiger partial charge in [0.1, 0.15) is 0 Å². The van der Waals surface area contributed by atoms with Gasteiger partial charge < -0.3 is 9.13 Å². The molecule has 0 radical (unpaired) electrons. The van der Waals surface area contributed by atoms with Gasteiger partial charge in [0.05, 0.1) is 22.1 Å². The summed E-state index contributed by atoms with van der Waals surface area (Å²) in [6.45, 7) is 0. The summed E-state index contributed by atoms with van der Waals surface area (Å²) in [5, 5.41) is 14.6. The van der Waals surface area contributed by atoms with Gasteiger partial charge in [-0.3, -0.25) is 0 Å². The molecule has 0 aliphatic rings. The highest BCUT2D eigenvalue weighted by Gasteiger charge is 2.20. The molecule has 0 atom stereocenters. The topological polar surface area (TPSA) is 48.5 Å². The van der Waals surface area contributed by atoms with Gasteiger partial charge in [-0.2, -0.15) is 0 Å². The Morgan fingerprint density at radius 1 is 0.242 bits per heavy atom. The van der Waals surface area contributed by atoms with E-state index in [9.17, 15) is 0 Å². The second-order valence-electron chi connectivity index (χ2n) is 17.2. The van der Waals surface area contributed by atoms with Crippen LogP contribution < -0.4 is 0 Å². The Morgan fingerprint density at radius 3 is 1.53 bits per heavy atom. The second-order valence-corrected chi connectivity index (χ2v) is 17.2.